The van der Waals surface area contributed by atoms with Crippen LogP contribution in [0.1, 0.15) is 42.0 Å². The molecule has 150 valence electrons. The fourth-order valence-electron chi connectivity index (χ4n) is 4.87. The average Bonchev–Trinajstić information content (AvgIpc) is 3.25. The number of phenols is 1. The highest BCUT2D eigenvalue weighted by Crippen LogP contribution is 2.67. The lowest BCUT2D eigenvalue weighted by Crippen LogP contribution is -2.40. The molecular formula is C24H32N2O2. The van der Waals surface area contributed by atoms with Crippen molar-refractivity contribution in [2.45, 2.75) is 51.5 Å². The Kier molecular flexibility index (Phi) is 5.28. The van der Waals surface area contributed by atoms with Crippen molar-refractivity contribution < 1.29 is 9.90 Å². The quantitative estimate of drug-likeness (QED) is 0.770. The second-order valence-electron chi connectivity index (χ2n) is 8.91. The standard InChI is InChI=1S/C24H32N2O2/c1-16-11-20(27)12-17(2)21(16)13-19(26(4)5)14-24(22(25)28)15-23(24,3)18-9-7-6-8-10-18/h6-12,19,27H,13-15H2,1-5H3,(H2,25,28)/t19-,23?,24?/m0/s1. The summed E-state index contributed by atoms with van der Waals surface area (Å²) in [6, 6.07) is 14.1. The van der Waals surface area contributed by atoms with Crippen molar-refractivity contribution in [1.29, 1.82) is 0 Å². The van der Waals surface area contributed by atoms with Gasteiger partial charge in [-0.1, -0.05) is 37.3 Å². The van der Waals surface area contributed by atoms with E-state index in [1.807, 2.05) is 44.2 Å². The van der Waals surface area contributed by atoms with Gasteiger partial charge in [-0.25, -0.2) is 0 Å². The van der Waals surface area contributed by atoms with E-state index in [2.05, 4.69) is 38.1 Å². The van der Waals surface area contributed by atoms with Crippen molar-refractivity contribution in [1.82, 2.24) is 4.90 Å². The Balaban J connectivity index is 1.91. The summed E-state index contributed by atoms with van der Waals surface area (Å²) in [7, 11) is 4.12. The number of nitrogens with zero attached hydrogens (tertiary/aromatic N) is 1. The number of carbonyl (C=O) groups is 1. The highest BCUT2D eigenvalue weighted by atomic mass is 16.3. The van der Waals surface area contributed by atoms with Crippen LogP contribution in [0.4, 0.5) is 0 Å². The Morgan fingerprint density at radius 2 is 1.75 bits per heavy atom. The first-order chi connectivity index (χ1) is 13.1. The SMILES string of the molecule is Cc1cc(O)cc(C)c1C[C@@H](CC1(C(N)=O)CC1(C)c1ccccc1)N(C)C. The first-order valence-electron chi connectivity index (χ1n) is 9.92. The van der Waals surface area contributed by atoms with Crippen LogP contribution in [0.25, 0.3) is 0 Å². The summed E-state index contributed by atoms with van der Waals surface area (Å²) < 4.78 is 0. The van der Waals surface area contributed by atoms with Crippen molar-refractivity contribution in [2.75, 3.05) is 14.1 Å². The first kappa shape index (κ1) is 20.4. The number of rotatable bonds is 7. The van der Waals surface area contributed by atoms with Crippen molar-refractivity contribution >= 4 is 5.91 Å². The molecule has 0 heterocycles. The Bertz CT molecular complexity index is 854. The minimum atomic E-state index is -0.526. The normalized spacial score (nSPS) is 24.9. The summed E-state index contributed by atoms with van der Waals surface area (Å²) in [6.07, 6.45) is 2.34. The predicted molar refractivity (Wildman–Crippen MR) is 113 cm³/mol. The Labute approximate surface area is 168 Å². The zero-order valence-corrected chi connectivity index (χ0v) is 17.6. The smallest absolute Gasteiger partial charge is 0.224 e. The van der Waals surface area contributed by atoms with Gasteiger partial charge in [-0.2, -0.15) is 0 Å². The average molecular weight is 381 g/mol. The van der Waals surface area contributed by atoms with Gasteiger partial charge in [-0.15, -0.1) is 0 Å². The van der Waals surface area contributed by atoms with Gasteiger partial charge in [-0.3, -0.25) is 4.79 Å². The van der Waals surface area contributed by atoms with Gasteiger partial charge < -0.3 is 15.7 Å². The summed E-state index contributed by atoms with van der Waals surface area (Å²) in [5.41, 5.74) is 9.82. The molecule has 2 aromatic carbocycles. The molecule has 0 radical (unpaired) electrons. The molecule has 3 N–H and O–H groups in total. The maximum atomic E-state index is 12.6. The number of primary amides is 1. The molecule has 1 aliphatic rings. The van der Waals surface area contributed by atoms with Crippen molar-refractivity contribution in [3.05, 3.63) is 64.7 Å². The van der Waals surface area contributed by atoms with E-state index >= 15 is 0 Å². The van der Waals surface area contributed by atoms with Crippen LogP contribution in [0.3, 0.4) is 0 Å². The lowest BCUT2D eigenvalue weighted by Gasteiger charge is -2.31. The van der Waals surface area contributed by atoms with E-state index in [1.54, 1.807) is 0 Å². The van der Waals surface area contributed by atoms with Gasteiger partial charge >= 0.3 is 0 Å². The summed E-state index contributed by atoms with van der Waals surface area (Å²) in [6.45, 7) is 6.23. The van der Waals surface area contributed by atoms with E-state index < -0.39 is 5.41 Å². The molecule has 2 unspecified atom stereocenters. The molecule has 1 amide bonds. The number of amides is 1. The van der Waals surface area contributed by atoms with Gasteiger partial charge in [0.25, 0.3) is 0 Å². The fourth-order valence-corrected chi connectivity index (χ4v) is 4.87. The van der Waals surface area contributed by atoms with Crippen LogP contribution in [0.5, 0.6) is 5.75 Å². The van der Waals surface area contributed by atoms with Gasteiger partial charge in [0, 0.05) is 11.5 Å². The Morgan fingerprint density at radius 1 is 1.18 bits per heavy atom. The molecule has 0 aromatic heterocycles. The van der Waals surface area contributed by atoms with Crippen LogP contribution in [0.15, 0.2) is 42.5 Å². The van der Waals surface area contributed by atoms with E-state index in [0.717, 1.165) is 30.4 Å². The van der Waals surface area contributed by atoms with Gasteiger partial charge in [0.05, 0.1) is 5.41 Å². The van der Waals surface area contributed by atoms with Crippen LogP contribution in [0, 0.1) is 19.3 Å². The maximum Gasteiger partial charge on any atom is 0.224 e. The van der Waals surface area contributed by atoms with E-state index in [-0.39, 0.29) is 17.4 Å². The molecule has 3 rings (SSSR count). The monoisotopic (exact) mass is 380 g/mol. The molecule has 0 saturated heterocycles. The lowest BCUT2D eigenvalue weighted by atomic mass is 9.81. The molecule has 2 aromatic rings. The Hall–Kier alpha value is -2.33. The van der Waals surface area contributed by atoms with E-state index in [4.69, 9.17) is 5.73 Å². The summed E-state index contributed by atoms with van der Waals surface area (Å²) in [5, 5.41) is 9.85. The second kappa shape index (κ2) is 7.25. The zero-order chi connectivity index (χ0) is 20.7. The van der Waals surface area contributed by atoms with Gasteiger partial charge in [-0.05, 0) is 81.6 Å². The van der Waals surface area contributed by atoms with Crippen LogP contribution in [0.2, 0.25) is 0 Å². The largest absolute Gasteiger partial charge is 0.508 e. The highest BCUT2D eigenvalue weighted by Gasteiger charge is 2.69. The van der Waals surface area contributed by atoms with Crippen LogP contribution >= 0.6 is 0 Å². The number of hydrogen-bond donors (Lipinski definition) is 2. The Morgan fingerprint density at radius 3 is 2.25 bits per heavy atom. The number of benzene rings is 2. The molecule has 3 atom stereocenters. The third-order valence-electron chi connectivity index (χ3n) is 6.90. The summed E-state index contributed by atoms with van der Waals surface area (Å²) in [5.74, 6) is 0.0949. The molecule has 4 nitrogen and oxygen atoms in total. The van der Waals surface area contributed by atoms with Gasteiger partial charge in [0.15, 0.2) is 0 Å². The summed E-state index contributed by atoms with van der Waals surface area (Å²) >= 11 is 0. The molecule has 1 aliphatic carbocycles. The first-order valence-corrected chi connectivity index (χ1v) is 9.92. The summed E-state index contributed by atoms with van der Waals surface area (Å²) in [4.78, 5) is 14.8. The highest BCUT2D eigenvalue weighted by molar-refractivity contribution is 5.87. The van der Waals surface area contributed by atoms with Crippen LogP contribution < -0.4 is 5.73 Å². The molecule has 4 heteroatoms. The minimum absolute atomic E-state index is 0.181. The molecule has 0 spiro atoms. The number of aryl methyl sites for hydroxylation is 2. The lowest BCUT2D eigenvalue weighted by molar-refractivity contribution is -0.124. The molecule has 1 saturated carbocycles. The van der Waals surface area contributed by atoms with E-state index in [0.29, 0.717) is 5.75 Å². The molecule has 0 aliphatic heterocycles. The van der Waals surface area contributed by atoms with Crippen LogP contribution in [-0.2, 0) is 16.6 Å². The second-order valence-corrected chi connectivity index (χ2v) is 8.91. The number of carbonyl (C=O) groups excluding carboxylic acids is 1. The zero-order valence-electron chi connectivity index (χ0n) is 17.6. The molecule has 1 fully saturated rings. The third-order valence-corrected chi connectivity index (χ3v) is 6.90. The molecule has 0 bridgehead atoms. The van der Waals surface area contributed by atoms with Gasteiger partial charge in [0.2, 0.25) is 5.91 Å². The van der Waals surface area contributed by atoms with Crippen LogP contribution in [-0.4, -0.2) is 36.1 Å². The number of nitrogens with two attached hydrogens (primary N) is 1. The van der Waals surface area contributed by atoms with Crippen molar-refractivity contribution in [3.8, 4) is 5.75 Å². The number of likely N-dealkylation sites (N-methyl/N-ethyl adjacent to an activating group) is 1. The predicted octanol–water partition coefficient (Wildman–Crippen LogP) is 3.71. The molecule has 28 heavy (non-hydrogen) atoms. The van der Waals surface area contributed by atoms with E-state index in [9.17, 15) is 9.90 Å². The number of aromatic hydroxyl groups is 1. The van der Waals surface area contributed by atoms with E-state index in [1.165, 1.54) is 11.1 Å². The van der Waals surface area contributed by atoms with Crippen molar-refractivity contribution in [3.63, 3.8) is 0 Å². The molecular weight excluding hydrogens is 348 g/mol. The third kappa shape index (κ3) is 3.42. The topological polar surface area (TPSA) is 66.6 Å². The number of phenolic OH excluding ortho intramolecular Hbond substituents is 1. The fraction of sp³-hybridized carbons (Fsp3) is 0.458. The minimum Gasteiger partial charge on any atom is -0.508 e. The van der Waals surface area contributed by atoms with Gasteiger partial charge in [0.1, 0.15) is 5.75 Å². The maximum absolute atomic E-state index is 12.6. The van der Waals surface area contributed by atoms with Crippen molar-refractivity contribution in [2.24, 2.45) is 11.1 Å². The number of hydrogen-bond acceptors (Lipinski definition) is 3.